The Kier molecular flexibility index (Phi) is 5.39. The fourth-order valence-electron chi connectivity index (χ4n) is 3.59. The number of aromatic amines is 1. The molecule has 0 atom stereocenters. The average Bonchev–Trinajstić information content (AvgIpc) is 3.51. The molecule has 4 aromatic rings. The predicted octanol–water partition coefficient (Wildman–Crippen LogP) is 2.17. The number of aliphatic hydroxyl groups excluding tert-OH is 1. The van der Waals surface area contributed by atoms with Crippen LogP contribution >= 0.6 is 0 Å². The molecule has 0 radical (unpaired) electrons. The van der Waals surface area contributed by atoms with Crippen LogP contribution in [0.3, 0.4) is 0 Å². The molecule has 1 fully saturated rings. The second-order valence-electron chi connectivity index (χ2n) is 8.28. The summed E-state index contributed by atoms with van der Waals surface area (Å²) in [6.07, 6.45) is 1.82. The Morgan fingerprint density at radius 2 is 1.88 bits per heavy atom. The number of ether oxygens (including phenoxy) is 1. The highest BCUT2D eigenvalue weighted by molar-refractivity contribution is 5.96. The van der Waals surface area contributed by atoms with Crippen LogP contribution in [0.5, 0.6) is 5.75 Å². The summed E-state index contributed by atoms with van der Waals surface area (Å²) in [6, 6.07) is 17.7. The Morgan fingerprint density at radius 3 is 2.64 bits per heavy atom. The van der Waals surface area contributed by atoms with E-state index in [-0.39, 0.29) is 35.9 Å². The first-order valence-electron chi connectivity index (χ1n) is 10.7. The smallest absolute Gasteiger partial charge is 0.274 e. The van der Waals surface area contributed by atoms with Crippen molar-refractivity contribution in [2.75, 3.05) is 13.2 Å². The van der Waals surface area contributed by atoms with Crippen LogP contribution in [-0.2, 0) is 6.61 Å². The molecule has 1 saturated carbocycles. The van der Waals surface area contributed by atoms with Crippen LogP contribution in [0.1, 0.15) is 28.9 Å². The highest BCUT2D eigenvalue weighted by Crippen LogP contribution is 2.44. The van der Waals surface area contributed by atoms with E-state index in [0.717, 1.165) is 18.4 Å². The van der Waals surface area contributed by atoms with Gasteiger partial charge in [-0.05, 0) is 25.0 Å². The number of carbonyl (C=O) groups is 1. The molecule has 33 heavy (non-hydrogen) atoms. The fraction of sp³-hybridized carbons (Fsp3) is 0.250. The maximum absolute atomic E-state index is 12.7. The van der Waals surface area contributed by atoms with Gasteiger partial charge in [0.25, 0.3) is 17.2 Å². The molecule has 5 rings (SSSR count). The van der Waals surface area contributed by atoms with Crippen LogP contribution in [0.4, 0.5) is 0 Å². The van der Waals surface area contributed by atoms with Crippen molar-refractivity contribution in [3.05, 3.63) is 82.3 Å². The van der Waals surface area contributed by atoms with Gasteiger partial charge < -0.3 is 15.2 Å². The molecular weight excluding hydrogens is 422 g/mol. The first-order valence-corrected chi connectivity index (χ1v) is 10.7. The third kappa shape index (κ3) is 4.35. The number of aliphatic hydroxyl groups is 1. The van der Waals surface area contributed by atoms with E-state index in [4.69, 9.17) is 4.74 Å². The van der Waals surface area contributed by atoms with Gasteiger partial charge in [-0.25, -0.2) is 4.98 Å². The standard InChI is InChI=1S/C24H23N5O4/c30-15-24(10-11-24)14-25-22(32)18-8-4-5-9-19(18)33-13-17-12-20(31)29-23(26-17)27-21(28-29)16-6-2-1-3-7-16/h1-9,12,30H,10-11,13-15H2,(H,25,32)(H,26,27,28). The van der Waals surface area contributed by atoms with Gasteiger partial charge in [-0.3, -0.25) is 14.7 Å². The van der Waals surface area contributed by atoms with Gasteiger partial charge in [-0.2, -0.15) is 9.50 Å². The van der Waals surface area contributed by atoms with E-state index < -0.39 is 0 Å². The molecular formula is C24H23N5O4. The largest absolute Gasteiger partial charge is 0.486 e. The van der Waals surface area contributed by atoms with Crippen molar-refractivity contribution in [2.45, 2.75) is 19.4 Å². The van der Waals surface area contributed by atoms with Gasteiger partial charge in [0.2, 0.25) is 0 Å². The molecule has 0 unspecified atom stereocenters. The normalized spacial score (nSPS) is 14.2. The van der Waals surface area contributed by atoms with Crippen molar-refractivity contribution in [3.8, 4) is 17.1 Å². The van der Waals surface area contributed by atoms with Crippen LogP contribution in [0.15, 0.2) is 65.5 Å². The van der Waals surface area contributed by atoms with Gasteiger partial charge in [-0.15, -0.1) is 0 Å². The number of nitrogens with one attached hydrogen (secondary N) is 2. The van der Waals surface area contributed by atoms with E-state index in [2.05, 4.69) is 20.4 Å². The zero-order valence-electron chi connectivity index (χ0n) is 17.8. The third-order valence-electron chi connectivity index (χ3n) is 5.85. The molecule has 0 spiro atoms. The first kappa shape index (κ1) is 20.9. The van der Waals surface area contributed by atoms with Crippen molar-refractivity contribution in [2.24, 2.45) is 5.41 Å². The summed E-state index contributed by atoms with van der Waals surface area (Å²) in [7, 11) is 0. The highest BCUT2D eigenvalue weighted by Gasteiger charge is 2.42. The summed E-state index contributed by atoms with van der Waals surface area (Å²) in [5.41, 5.74) is 1.14. The van der Waals surface area contributed by atoms with Crippen molar-refractivity contribution < 1.29 is 14.6 Å². The average molecular weight is 445 g/mol. The summed E-state index contributed by atoms with van der Waals surface area (Å²) < 4.78 is 7.13. The molecule has 2 aromatic carbocycles. The second kappa shape index (κ2) is 8.51. The van der Waals surface area contributed by atoms with Crippen molar-refractivity contribution in [1.29, 1.82) is 0 Å². The van der Waals surface area contributed by atoms with Gasteiger partial charge in [0.1, 0.15) is 12.4 Å². The molecule has 2 aromatic heterocycles. The molecule has 2 heterocycles. The van der Waals surface area contributed by atoms with Crippen LogP contribution in [0.25, 0.3) is 17.2 Å². The maximum atomic E-state index is 12.7. The SMILES string of the molecule is O=C(NCC1(CO)CC1)c1ccccc1OCc1cc(=O)n2[nH]c(-c3ccccc3)nc2n1. The van der Waals surface area contributed by atoms with Gasteiger partial charge >= 0.3 is 0 Å². The molecule has 0 bridgehead atoms. The van der Waals surface area contributed by atoms with Gasteiger partial charge in [0.15, 0.2) is 5.82 Å². The molecule has 0 saturated heterocycles. The topological polar surface area (TPSA) is 122 Å². The number of benzene rings is 2. The number of H-pyrrole nitrogens is 1. The minimum atomic E-state index is -0.307. The number of aromatic nitrogens is 4. The molecule has 1 amide bonds. The maximum Gasteiger partial charge on any atom is 0.274 e. The van der Waals surface area contributed by atoms with E-state index >= 15 is 0 Å². The minimum Gasteiger partial charge on any atom is -0.486 e. The molecule has 1 aliphatic rings. The Balaban J connectivity index is 1.33. The lowest BCUT2D eigenvalue weighted by Crippen LogP contribution is -2.32. The van der Waals surface area contributed by atoms with Crippen LogP contribution in [0, 0.1) is 5.41 Å². The van der Waals surface area contributed by atoms with Gasteiger partial charge in [0.05, 0.1) is 17.9 Å². The monoisotopic (exact) mass is 445 g/mol. The Morgan fingerprint density at radius 1 is 1.12 bits per heavy atom. The van der Waals surface area contributed by atoms with E-state index in [1.165, 1.54) is 10.6 Å². The number of hydrogen-bond donors (Lipinski definition) is 3. The quantitative estimate of drug-likeness (QED) is 0.382. The van der Waals surface area contributed by atoms with E-state index in [0.29, 0.717) is 29.4 Å². The summed E-state index contributed by atoms with van der Waals surface area (Å²) in [5, 5.41) is 15.3. The number of nitrogens with zero attached hydrogens (tertiary/aromatic N) is 3. The van der Waals surface area contributed by atoms with Crippen LogP contribution < -0.4 is 15.6 Å². The second-order valence-corrected chi connectivity index (χ2v) is 8.28. The number of rotatable bonds is 8. The minimum absolute atomic E-state index is 0.00411. The number of fused-ring (bicyclic) bond motifs is 1. The van der Waals surface area contributed by atoms with Crippen LogP contribution in [-0.4, -0.2) is 43.7 Å². The van der Waals surface area contributed by atoms with E-state index in [9.17, 15) is 14.7 Å². The summed E-state index contributed by atoms with van der Waals surface area (Å²) in [5.74, 6) is 0.896. The molecule has 9 nitrogen and oxygen atoms in total. The highest BCUT2D eigenvalue weighted by atomic mass is 16.5. The van der Waals surface area contributed by atoms with Gasteiger partial charge in [0, 0.05) is 23.6 Å². The lowest BCUT2D eigenvalue weighted by atomic mass is 10.1. The van der Waals surface area contributed by atoms with Crippen molar-refractivity contribution >= 4 is 11.7 Å². The zero-order valence-corrected chi connectivity index (χ0v) is 17.8. The number of para-hydroxylation sites is 1. The molecule has 3 N–H and O–H groups in total. The predicted molar refractivity (Wildman–Crippen MR) is 121 cm³/mol. The molecule has 0 aliphatic heterocycles. The first-order chi connectivity index (χ1) is 16.1. The third-order valence-corrected chi connectivity index (χ3v) is 5.85. The Bertz CT molecular complexity index is 1360. The lowest BCUT2D eigenvalue weighted by Gasteiger charge is -2.15. The molecule has 1 aliphatic carbocycles. The lowest BCUT2D eigenvalue weighted by molar-refractivity contribution is 0.0930. The number of carbonyl (C=O) groups excluding carboxylic acids is 1. The molecule has 9 heteroatoms. The van der Waals surface area contributed by atoms with Crippen molar-refractivity contribution in [3.63, 3.8) is 0 Å². The van der Waals surface area contributed by atoms with Crippen molar-refractivity contribution in [1.82, 2.24) is 24.9 Å². The van der Waals surface area contributed by atoms with Gasteiger partial charge in [-0.1, -0.05) is 42.5 Å². The number of amides is 1. The zero-order chi connectivity index (χ0) is 22.8. The van der Waals surface area contributed by atoms with E-state index in [1.807, 2.05) is 30.3 Å². The van der Waals surface area contributed by atoms with Crippen LogP contribution in [0.2, 0.25) is 0 Å². The Hall–Kier alpha value is -3.98. The number of hydrogen-bond acceptors (Lipinski definition) is 6. The van der Waals surface area contributed by atoms with E-state index in [1.54, 1.807) is 24.3 Å². The Labute approximate surface area is 189 Å². The molecule has 168 valence electrons. The fourth-order valence-corrected chi connectivity index (χ4v) is 3.59. The summed E-state index contributed by atoms with van der Waals surface area (Å²) in [4.78, 5) is 34.1. The summed E-state index contributed by atoms with van der Waals surface area (Å²) in [6.45, 7) is 0.493. The summed E-state index contributed by atoms with van der Waals surface area (Å²) >= 11 is 0.